The molecule has 2 aromatic carbocycles. The first-order valence-electron chi connectivity index (χ1n) is 13.3. The van der Waals surface area contributed by atoms with Crippen LogP contribution in [0.4, 0.5) is 23.0 Å². The normalized spacial score (nSPS) is 14.8. The van der Waals surface area contributed by atoms with E-state index in [1.807, 2.05) is 54.0 Å². The van der Waals surface area contributed by atoms with Crippen molar-refractivity contribution in [2.24, 2.45) is 7.05 Å². The molecule has 1 atom stereocenters. The van der Waals surface area contributed by atoms with Gasteiger partial charge in [-0.25, -0.2) is 14.8 Å². The number of nitrogens with zero attached hydrogens (tertiary/aromatic N) is 6. The van der Waals surface area contributed by atoms with Gasteiger partial charge < -0.3 is 29.2 Å². The molecule has 12 nitrogen and oxygen atoms in total. The fraction of sp³-hybridized carbons (Fsp3) is 0.367. The molecule has 42 heavy (non-hydrogen) atoms. The molecule has 12 heteroatoms. The van der Waals surface area contributed by atoms with Crippen molar-refractivity contribution < 1.29 is 19.2 Å². The predicted octanol–water partition coefficient (Wildman–Crippen LogP) is 5.25. The Morgan fingerprint density at radius 3 is 2.67 bits per heavy atom. The molecular weight excluding hydrogens is 538 g/mol. The van der Waals surface area contributed by atoms with Crippen LogP contribution in [-0.2, 0) is 11.8 Å². The molecule has 0 bridgehead atoms. The Labute approximate surface area is 245 Å². The minimum Gasteiger partial charge on any atom is -0.494 e. The molecule has 4 aromatic rings. The molecule has 1 saturated heterocycles. The molecular formula is C30H37N7O5. The van der Waals surface area contributed by atoms with Gasteiger partial charge in [0.15, 0.2) is 0 Å². The summed E-state index contributed by atoms with van der Waals surface area (Å²) in [7, 11) is 8.65. The van der Waals surface area contributed by atoms with E-state index in [1.54, 1.807) is 6.07 Å². The van der Waals surface area contributed by atoms with Gasteiger partial charge in [-0.15, -0.1) is 0 Å². The van der Waals surface area contributed by atoms with E-state index in [-0.39, 0.29) is 24.6 Å². The number of aryl methyl sites for hydroxylation is 1. The number of nitro benzene ring substituents is 1. The quantitative estimate of drug-likeness (QED) is 0.161. The van der Waals surface area contributed by atoms with Gasteiger partial charge in [0.2, 0.25) is 5.95 Å². The van der Waals surface area contributed by atoms with Crippen LogP contribution >= 0.6 is 0 Å². The predicted molar refractivity (Wildman–Crippen MR) is 164 cm³/mol. The van der Waals surface area contributed by atoms with E-state index in [0.29, 0.717) is 35.4 Å². The second-order valence-corrected chi connectivity index (χ2v) is 10.2. The first-order valence-corrected chi connectivity index (χ1v) is 13.3. The van der Waals surface area contributed by atoms with E-state index < -0.39 is 10.9 Å². The SMILES string of the molecule is C.COC(=O)c1cnc(Nc2cc([N+](=O)[O-])c(N(C)C[C@@H]3CCCN3C)cc2OC)nc1-c1cn(C)c2ccccc12. The second-order valence-electron chi connectivity index (χ2n) is 10.2. The van der Waals surface area contributed by atoms with Gasteiger partial charge in [-0.3, -0.25) is 10.1 Å². The molecule has 0 amide bonds. The fourth-order valence-electron chi connectivity index (χ4n) is 5.46. The monoisotopic (exact) mass is 575 g/mol. The van der Waals surface area contributed by atoms with Gasteiger partial charge in [0.05, 0.1) is 30.5 Å². The summed E-state index contributed by atoms with van der Waals surface area (Å²) in [5.74, 6) is -0.0422. The van der Waals surface area contributed by atoms with Crippen molar-refractivity contribution in [1.29, 1.82) is 0 Å². The standard InChI is InChI=1S/C29H33N7O5.CH4/c1-33-12-8-9-18(33)16-34(2)24-14-26(40-4)22(13-25(24)36(38)39)31-29-30-15-20(28(37)41-5)27(32-29)21-17-35(3)23-11-7-6-10-19(21)23;/h6-7,10-11,13-15,17-18H,8-9,12,16H2,1-5H3,(H,30,31,32);1H4/t18-;/m0./s1. The van der Waals surface area contributed by atoms with Crippen molar-refractivity contribution in [3.63, 3.8) is 0 Å². The lowest BCUT2D eigenvalue weighted by atomic mass is 10.1. The number of likely N-dealkylation sites (tertiary alicyclic amines) is 1. The van der Waals surface area contributed by atoms with Crippen molar-refractivity contribution in [2.75, 3.05) is 51.6 Å². The number of fused-ring (bicyclic) bond motifs is 1. The van der Waals surface area contributed by atoms with E-state index in [0.717, 1.165) is 35.9 Å². The third-order valence-corrected chi connectivity index (χ3v) is 7.65. The Kier molecular flexibility index (Phi) is 8.96. The Bertz CT molecular complexity index is 1620. The molecule has 3 heterocycles. The summed E-state index contributed by atoms with van der Waals surface area (Å²) in [6.45, 7) is 1.67. The van der Waals surface area contributed by atoms with Crippen molar-refractivity contribution in [1.82, 2.24) is 19.4 Å². The zero-order valence-electron chi connectivity index (χ0n) is 23.7. The molecule has 0 spiro atoms. The van der Waals surface area contributed by atoms with E-state index in [2.05, 4.69) is 27.2 Å². The number of nitro groups is 1. The van der Waals surface area contributed by atoms with Gasteiger partial charge in [0, 0.05) is 67.7 Å². The number of para-hydroxylation sites is 1. The lowest BCUT2D eigenvalue weighted by Crippen LogP contribution is -2.36. The van der Waals surface area contributed by atoms with Gasteiger partial charge in [-0.1, -0.05) is 25.6 Å². The van der Waals surface area contributed by atoms with Gasteiger partial charge in [0.25, 0.3) is 5.69 Å². The molecule has 1 fully saturated rings. The van der Waals surface area contributed by atoms with Crippen LogP contribution in [0.15, 0.2) is 48.8 Å². The fourth-order valence-corrected chi connectivity index (χ4v) is 5.46. The van der Waals surface area contributed by atoms with E-state index in [4.69, 9.17) is 9.47 Å². The van der Waals surface area contributed by atoms with Crippen LogP contribution in [-0.4, -0.2) is 77.8 Å². The van der Waals surface area contributed by atoms with Crippen LogP contribution in [0.2, 0.25) is 0 Å². The molecule has 1 aliphatic heterocycles. The van der Waals surface area contributed by atoms with Gasteiger partial charge >= 0.3 is 5.97 Å². The molecule has 0 aliphatic carbocycles. The topological polar surface area (TPSA) is 128 Å². The molecule has 0 saturated carbocycles. The summed E-state index contributed by atoms with van der Waals surface area (Å²) in [5, 5.41) is 16.1. The van der Waals surface area contributed by atoms with Crippen LogP contribution in [0.1, 0.15) is 30.6 Å². The zero-order valence-corrected chi connectivity index (χ0v) is 23.7. The molecule has 2 aromatic heterocycles. The van der Waals surface area contributed by atoms with Crippen LogP contribution in [0.5, 0.6) is 5.75 Å². The highest BCUT2D eigenvalue weighted by Crippen LogP contribution is 2.40. The summed E-state index contributed by atoms with van der Waals surface area (Å²) >= 11 is 0. The van der Waals surface area contributed by atoms with Gasteiger partial charge in [-0.2, -0.15) is 0 Å². The van der Waals surface area contributed by atoms with E-state index >= 15 is 0 Å². The number of hydrogen-bond acceptors (Lipinski definition) is 10. The summed E-state index contributed by atoms with van der Waals surface area (Å²) in [6, 6.07) is 11.2. The average Bonchev–Trinajstić information content (AvgIpc) is 3.54. The van der Waals surface area contributed by atoms with E-state index in [1.165, 1.54) is 26.5 Å². The lowest BCUT2D eigenvalue weighted by molar-refractivity contribution is -0.384. The number of benzene rings is 2. The number of methoxy groups -OCH3 is 2. The van der Waals surface area contributed by atoms with Crippen molar-refractivity contribution in [3.05, 3.63) is 64.5 Å². The highest BCUT2D eigenvalue weighted by atomic mass is 16.6. The van der Waals surface area contributed by atoms with Gasteiger partial charge in [-0.05, 0) is 32.5 Å². The zero-order chi connectivity index (χ0) is 29.3. The number of nitrogens with one attached hydrogen (secondary N) is 1. The summed E-state index contributed by atoms with van der Waals surface area (Å²) < 4.78 is 12.6. The molecule has 1 N–H and O–H groups in total. The number of carbonyl (C=O) groups is 1. The largest absolute Gasteiger partial charge is 0.494 e. The molecule has 1 aliphatic rings. The molecule has 222 valence electrons. The van der Waals surface area contributed by atoms with Crippen molar-refractivity contribution in [2.45, 2.75) is 26.3 Å². The smallest absolute Gasteiger partial charge is 0.341 e. The molecule has 0 unspecified atom stereocenters. The first-order chi connectivity index (χ1) is 19.7. The third kappa shape index (κ3) is 5.70. The number of likely N-dealkylation sites (N-methyl/N-ethyl adjacent to an activating group) is 2. The van der Waals surface area contributed by atoms with Crippen molar-refractivity contribution >= 4 is 39.9 Å². The number of ether oxygens (including phenoxy) is 2. The summed E-state index contributed by atoms with van der Waals surface area (Å²) in [5.41, 5.74) is 2.96. The maximum Gasteiger partial charge on any atom is 0.341 e. The molecule has 5 rings (SSSR count). The van der Waals surface area contributed by atoms with Gasteiger partial charge in [0.1, 0.15) is 17.0 Å². The first kappa shape index (κ1) is 30.3. The number of rotatable bonds is 9. The third-order valence-electron chi connectivity index (χ3n) is 7.65. The maximum absolute atomic E-state index is 12.7. The average molecular weight is 576 g/mol. The van der Waals surface area contributed by atoms with Crippen LogP contribution in [0, 0.1) is 10.1 Å². The Balaban J connectivity index is 0.00000405. The number of esters is 1. The number of anilines is 3. The minimum absolute atomic E-state index is 0. The van der Waals surface area contributed by atoms with Crippen LogP contribution < -0.4 is 15.0 Å². The number of hydrogen-bond donors (Lipinski definition) is 1. The van der Waals surface area contributed by atoms with Crippen molar-refractivity contribution in [3.8, 4) is 17.0 Å². The Morgan fingerprint density at radius 1 is 1.24 bits per heavy atom. The van der Waals surface area contributed by atoms with E-state index in [9.17, 15) is 14.9 Å². The molecule has 0 radical (unpaired) electrons. The number of aromatic nitrogens is 3. The Hall–Kier alpha value is -4.71. The minimum atomic E-state index is -0.576. The van der Waals surface area contributed by atoms with Crippen LogP contribution in [0.25, 0.3) is 22.2 Å². The lowest BCUT2D eigenvalue weighted by Gasteiger charge is -2.27. The summed E-state index contributed by atoms with van der Waals surface area (Å²) in [6.07, 6.45) is 5.43. The maximum atomic E-state index is 12.7. The summed E-state index contributed by atoms with van der Waals surface area (Å²) in [4.78, 5) is 37.6. The highest BCUT2D eigenvalue weighted by Gasteiger charge is 2.27. The highest BCUT2D eigenvalue weighted by molar-refractivity contribution is 6.02. The Morgan fingerprint density at radius 2 is 2.00 bits per heavy atom. The second kappa shape index (κ2) is 12.4. The number of carbonyl (C=O) groups excluding carboxylic acids is 1. The van der Waals surface area contributed by atoms with Crippen LogP contribution in [0.3, 0.4) is 0 Å².